The van der Waals surface area contributed by atoms with Crippen LogP contribution >= 0.6 is 23.2 Å². The standard InChI is InChI=1S/C20H25Cl2NO6Si/c1-20(2,3)30(4,5)28-11-13-9-17(24)18(25)19(29-13)15(10-23(26)27)14-7-6-12(21)8-16(14)22/h6-9,15,25H,10-11H2,1-5H3. The summed E-state index contributed by atoms with van der Waals surface area (Å²) in [6.45, 7) is 9.71. The van der Waals surface area contributed by atoms with E-state index in [1.165, 1.54) is 18.2 Å². The normalized spacial score (nSPS) is 13.3. The van der Waals surface area contributed by atoms with Gasteiger partial charge in [0.1, 0.15) is 11.7 Å². The van der Waals surface area contributed by atoms with Gasteiger partial charge in [0.15, 0.2) is 14.1 Å². The van der Waals surface area contributed by atoms with Gasteiger partial charge in [0.05, 0.1) is 6.61 Å². The molecule has 164 valence electrons. The highest BCUT2D eigenvalue weighted by atomic mass is 35.5. The summed E-state index contributed by atoms with van der Waals surface area (Å²) in [4.78, 5) is 23.1. The SMILES string of the molecule is CC(C)(C)[Si](C)(C)OCc1cc(=O)c(O)c(C(C[N+](=O)[O-])c2ccc(Cl)cc2Cl)o1. The van der Waals surface area contributed by atoms with E-state index in [1.807, 2.05) is 0 Å². The van der Waals surface area contributed by atoms with E-state index in [0.717, 1.165) is 6.07 Å². The van der Waals surface area contributed by atoms with Crippen molar-refractivity contribution in [3.05, 3.63) is 71.7 Å². The minimum absolute atomic E-state index is 0.0124. The first-order chi connectivity index (χ1) is 13.7. The van der Waals surface area contributed by atoms with Gasteiger partial charge in [0.25, 0.3) is 0 Å². The van der Waals surface area contributed by atoms with Gasteiger partial charge in [-0.25, -0.2) is 0 Å². The van der Waals surface area contributed by atoms with E-state index < -0.39 is 36.9 Å². The first kappa shape index (κ1) is 24.4. The fourth-order valence-corrected chi connectivity index (χ4v) is 4.06. The molecule has 0 saturated carbocycles. The number of hydrogen-bond acceptors (Lipinski definition) is 6. The molecule has 1 atom stereocenters. The van der Waals surface area contributed by atoms with Crippen molar-refractivity contribution in [1.82, 2.24) is 0 Å². The predicted molar refractivity (Wildman–Crippen MR) is 119 cm³/mol. The molecule has 0 saturated heterocycles. The molecule has 1 aromatic heterocycles. The lowest BCUT2D eigenvalue weighted by molar-refractivity contribution is -0.482. The zero-order valence-corrected chi connectivity index (χ0v) is 20.0. The second-order valence-electron chi connectivity index (χ2n) is 8.57. The maximum absolute atomic E-state index is 12.4. The van der Waals surface area contributed by atoms with E-state index in [0.29, 0.717) is 10.6 Å². The van der Waals surface area contributed by atoms with Crippen LogP contribution in [0, 0.1) is 10.1 Å². The van der Waals surface area contributed by atoms with E-state index in [-0.39, 0.29) is 28.2 Å². The third kappa shape index (κ3) is 5.63. The Kier molecular flexibility index (Phi) is 7.39. The van der Waals surface area contributed by atoms with Crippen molar-refractivity contribution in [3.8, 4) is 5.75 Å². The number of benzene rings is 1. The van der Waals surface area contributed by atoms with Crippen molar-refractivity contribution in [3.63, 3.8) is 0 Å². The maximum atomic E-state index is 12.4. The number of aromatic hydroxyl groups is 1. The number of rotatable bonds is 7. The highest BCUT2D eigenvalue weighted by molar-refractivity contribution is 6.74. The van der Waals surface area contributed by atoms with Crippen LogP contribution in [0.4, 0.5) is 0 Å². The molecule has 1 aromatic carbocycles. The molecule has 0 amide bonds. The van der Waals surface area contributed by atoms with Gasteiger partial charge in [-0.15, -0.1) is 0 Å². The van der Waals surface area contributed by atoms with Crippen molar-refractivity contribution < 1.29 is 18.9 Å². The van der Waals surface area contributed by atoms with Crippen molar-refractivity contribution >= 4 is 31.5 Å². The van der Waals surface area contributed by atoms with E-state index in [1.54, 1.807) is 0 Å². The second-order valence-corrected chi connectivity index (χ2v) is 14.2. The van der Waals surface area contributed by atoms with Gasteiger partial charge in [-0.2, -0.15) is 0 Å². The lowest BCUT2D eigenvalue weighted by Gasteiger charge is -2.35. The summed E-state index contributed by atoms with van der Waals surface area (Å²) < 4.78 is 11.8. The number of nitro groups is 1. The zero-order chi connectivity index (χ0) is 22.9. The Bertz CT molecular complexity index is 1000. The van der Waals surface area contributed by atoms with Gasteiger partial charge in [-0.05, 0) is 35.8 Å². The molecule has 0 radical (unpaired) electrons. The Morgan fingerprint density at radius 1 is 1.27 bits per heavy atom. The monoisotopic (exact) mass is 473 g/mol. The van der Waals surface area contributed by atoms with Crippen molar-refractivity contribution in [2.24, 2.45) is 0 Å². The van der Waals surface area contributed by atoms with Crippen LogP contribution in [0.15, 0.2) is 33.5 Å². The number of halogens is 2. The molecule has 0 aliphatic rings. The summed E-state index contributed by atoms with van der Waals surface area (Å²) in [7, 11) is -2.14. The van der Waals surface area contributed by atoms with Gasteiger partial charge in [0.2, 0.25) is 17.7 Å². The van der Waals surface area contributed by atoms with Crippen molar-refractivity contribution in [2.45, 2.75) is 51.4 Å². The molecule has 2 aromatic rings. The first-order valence-electron chi connectivity index (χ1n) is 9.29. The molecule has 0 aliphatic heterocycles. The largest absolute Gasteiger partial charge is 0.502 e. The molecule has 30 heavy (non-hydrogen) atoms. The van der Waals surface area contributed by atoms with Gasteiger partial charge >= 0.3 is 0 Å². The molecule has 7 nitrogen and oxygen atoms in total. The van der Waals surface area contributed by atoms with Crippen LogP contribution in [-0.2, 0) is 11.0 Å². The Labute approximate surface area is 185 Å². The summed E-state index contributed by atoms with van der Waals surface area (Å²) >= 11 is 12.2. The Morgan fingerprint density at radius 2 is 1.90 bits per heavy atom. The molecule has 1 heterocycles. The summed E-state index contributed by atoms with van der Waals surface area (Å²) in [5.74, 6) is -1.82. The fraction of sp³-hybridized carbons (Fsp3) is 0.450. The molecular weight excluding hydrogens is 449 g/mol. The maximum Gasteiger partial charge on any atom is 0.227 e. The lowest BCUT2D eigenvalue weighted by Crippen LogP contribution is -2.40. The van der Waals surface area contributed by atoms with Crippen molar-refractivity contribution in [2.75, 3.05) is 6.54 Å². The third-order valence-corrected chi connectivity index (χ3v) is 10.4. The van der Waals surface area contributed by atoms with Crippen LogP contribution in [0.3, 0.4) is 0 Å². The summed E-state index contributed by atoms with van der Waals surface area (Å²) in [5.41, 5.74) is -0.387. The van der Waals surface area contributed by atoms with Crippen LogP contribution in [0.25, 0.3) is 0 Å². The van der Waals surface area contributed by atoms with Crippen LogP contribution in [0.5, 0.6) is 5.75 Å². The summed E-state index contributed by atoms with van der Waals surface area (Å²) in [6.07, 6.45) is 0. The average molecular weight is 474 g/mol. The molecule has 1 N–H and O–H groups in total. The van der Waals surface area contributed by atoms with E-state index in [2.05, 4.69) is 33.9 Å². The second kappa shape index (κ2) is 9.09. The molecule has 0 fully saturated rings. The highest BCUT2D eigenvalue weighted by Crippen LogP contribution is 2.38. The molecule has 0 bridgehead atoms. The predicted octanol–water partition coefficient (Wildman–Crippen LogP) is 5.58. The summed E-state index contributed by atoms with van der Waals surface area (Å²) in [6, 6.07) is 5.61. The Hall–Kier alpha value is -1.87. The van der Waals surface area contributed by atoms with Crippen LogP contribution in [0.2, 0.25) is 28.2 Å². The third-order valence-electron chi connectivity index (χ3n) is 5.37. The van der Waals surface area contributed by atoms with Crippen molar-refractivity contribution in [1.29, 1.82) is 0 Å². The van der Waals surface area contributed by atoms with Crippen LogP contribution in [0.1, 0.15) is 43.8 Å². The fourth-order valence-electron chi connectivity index (χ4n) is 2.59. The van der Waals surface area contributed by atoms with Crippen LogP contribution in [-0.4, -0.2) is 24.9 Å². The lowest BCUT2D eigenvalue weighted by atomic mass is 9.95. The summed E-state index contributed by atoms with van der Waals surface area (Å²) in [5, 5.41) is 22.1. The highest BCUT2D eigenvalue weighted by Gasteiger charge is 2.37. The minimum Gasteiger partial charge on any atom is -0.502 e. The number of nitrogens with zero attached hydrogens (tertiary/aromatic N) is 1. The smallest absolute Gasteiger partial charge is 0.227 e. The Morgan fingerprint density at radius 3 is 2.43 bits per heavy atom. The van der Waals surface area contributed by atoms with E-state index in [4.69, 9.17) is 32.0 Å². The molecule has 0 spiro atoms. The quantitative estimate of drug-likeness (QED) is 0.319. The minimum atomic E-state index is -2.14. The molecule has 2 rings (SSSR count). The number of hydrogen-bond donors (Lipinski definition) is 1. The van der Waals surface area contributed by atoms with Crippen LogP contribution < -0.4 is 5.43 Å². The van der Waals surface area contributed by atoms with Gasteiger partial charge < -0.3 is 13.9 Å². The molecule has 0 aliphatic carbocycles. The van der Waals surface area contributed by atoms with E-state index >= 15 is 0 Å². The average Bonchev–Trinajstić information content (AvgIpc) is 2.60. The van der Waals surface area contributed by atoms with Gasteiger partial charge in [-0.1, -0.05) is 50.0 Å². The van der Waals surface area contributed by atoms with Gasteiger partial charge in [-0.3, -0.25) is 14.9 Å². The molecule has 1 unspecified atom stereocenters. The molecular formula is C20H25Cl2NO6Si. The van der Waals surface area contributed by atoms with E-state index in [9.17, 15) is 20.0 Å². The zero-order valence-electron chi connectivity index (χ0n) is 17.5. The van der Waals surface area contributed by atoms with Gasteiger partial charge in [0, 0.05) is 21.0 Å². The molecule has 10 heteroatoms. The Balaban J connectivity index is 2.51. The topological polar surface area (TPSA) is 103 Å². The first-order valence-corrected chi connectivity index (χ1v) is 13.0.